The fraction of sp³-hybridized carbons (Fsp3) is 0.333. The van der Waals surface area contributed by atoms with Crippen LogP contribution in [0.4, 0.5) is 0 Å². The van der Waals surface area contributed by atoms with Gasteiger partial charge in [0.05, 0.1) is 18.2 Å². The maximum atomic E-state index is 13.0. The van der Waals surface area contributed by atoms with Crippen molar-refractivity contribution in [3.05, 3.63) is 76.4 Å². The molecule has 0 aliphatic heterocycles. The highest BCUT2D eigenvalue weighted by atomic mass is 16.5. The lowest BCUT2D eigenvalue weighted by atomic mass is 10.1. The summed E-state index contributed by atoms with van der Waals surface area (Å²) in [6.07, 6.45) is 0. The van der Waals surface area contributed by atoms with E-state index in [1.807, 2.05) is 51.1 Å². The van der Waals surface area contributed by atoms with E-state index in [-0.39, 0.29) is 11.9 Å². The molecule has 26 heavy (non-hydrogen) atoms. The molecule has 0 spiro atoms. The van der Waals surface area contributed by atoms with Gasteiger partial charge < -0.3 is 14.0 Å². The normalized spacial score (nSPS) is 12.2. The maximum Gasteiger partial charge on any atom is 0.255 e. The highest BCUT2D eigenvalue weighted by Gasteiger charge is 2.22. The Kier molecular flexibility index (Phi) is 4.98. The first-order chi connectivity index (χ1) is 12.4. The molecular formula is C21H25N3O2. The minimum absolute atomic E-state index is 0.00901. The van der Waals surface area contributed by atoms with E-state index in [0.29, 0.717) is 6.54 Å². The lowest BCUT2D eigenvalue weighted by Crippen LogP contribution is -2.27. The summed E-state index contributed by atoms with van der Waals surface area (Å²) in [4.78, 5) is 14.6. The van der Waals surface area contributed by atoms with Crippen LogP contribution in [-0.4, -0.2) is 27.6 Å². The molecule has 1 unspecified atom stereocenters. The molecule has 5 heteroatoms. The van der Waals surface area contributed by atoms with Crippen LogP contribution in [0.25, 0.3) is 0 Å². The Balaban J connectivity index is 1.86. The summed E-state index contributed by atoms with van der Waals surface area (Å²) in [5, 5.41) is 3.97. The molecular weight excluding hydrogens is 326 g/mol. The van der Waals surface area contributed by atoms with Gasteiger partial charge in [-0.2, -0.15) is 0 Å². The topological polar surface area (TPSA) is 51.3 Å². The van der Waals surface area contributed by atoms with E-state index in [2.05, 4.69) is 28.8 Å². The van der Waals surface area contributed by atoms with E-state index < -0.39 is 0 Å². The summed E-state index contributed by atoms with van der Waals surface area (Å²) < 4.78 is 7.31. The molecule has 1 atom stereocenters. The van der Waals surface area contributed by atoms with Crippen LogP contribution in [0.1, 0.15) is 51.7 Å². The van der Waals surface area contributed by atoms with E-state index in [4.69, 9.17) is 4.52 Å². The Labute approximate surface area is 154 Å². The average Bonchev–Trinajstić information content (AvgIpc) is 3.17. The summed E-state index contributed by atoms with van der Waals surface area (Å²) in [6.45, 7) is 8.48. The van der Waals surface area contributed by atoms with Crippen molar-refractivity contribution in [2.75, 3.05) is 7.05 Å². The van der Waals surface area contributed by atoms with Gasteiger partial charge in [-0.1, -0.05) is 35.5 Å². The van der Waals surface area contributed by atoms with Crippen molar-refractivity contribution in [2.24, 2.45) is 0 Å². The van der Waals surface area contributed by atoms with Crippen molar-refractivity contribution < 1.29 is 9.32 Å². The number of carbonyl (C=O) groups excluding carboxylic acids is 1. The smallest absolute Gasteiger partial charge is 0.255 e. The second-order valence-electron chi connectivity index (χ2n) is 6.83. The monoisotopic (exact) mass is 351 g/mol. The molecule has 2 heterocycles. The number of benzene rings is 1. The van der Waals surface area contributed by atoms with Gasteiger partial charge in [-0.25, -0.2) is 0 Å². The molecule has 0 aliphatic rings. The highest BCUT2D eigenvalue weighted by Crippen LogP contribution is 2.26. The number of amides is 1. The molecule has 136 valence electrons. The van der Waals surface area contributed by atoms with E-state index in [1.165, 1.54) is 5.56 Å². The van der Waals surface area contributed by atoms with Crippen LogP contribution in [0.5, 0.6) is 0 Å². The molecule has 3 aromatic rings. The molecule has 0 N–H and O–H groups in total. The number of nitrogens with zero attached hydrogens (tertiary/aromatic N) is 3. The van der Waals surface area contributed by atoms with Crippen LogP contribution in [0.3, 0.4) is 0 Å². The van der Waals surface area contributed by atoms with Gasteiger partial charge >= 0.3 is 0 Å². The van der Waals surface area contributed by atoms with Crippen molar-refractivity contribution in [1.82, 2.24) is 14.6 Å². The van der Waals surface area contributed by atoms with Gasteiger partial charge in [0.15, 0.2) is 0 Å². The summed E-state index contributed by atoms with van der Waals surface area (Å²) in [5.41, 5.74) is 4.76. The zero-order valence-corrected chi connectivity index (χ0v) is 16.0. The zero-order chi connectivity index (χ0) is 18.8. The Morgan fingerprint density at radius 1 is 1.19 bits per heavy atom. The second-order valence-corrected chi connectivity index (χ2v) is 6.83. The zero-order valence-electron chi connectivity index (χ0n) is 16.0. The molecule has 0 aliphatic carbocycles. The molecule has 1 amide bonds. The molecule has 3 rings (SSSR count). The molecule has 0 saturated heterocycles. The Bertz CT molecular complexity index is 909. The minimum Gasteiger partial charge on any atom is -0.361 e. The first kappa shape index (κ1) is 18.0. The van der Waals surface area contributed by atoms with Crippen molar-refractivity contribution in [3.8, 4) is 0 Å². The Morgan fingerprint density at radius 2 is 1.88 bits per heavy atom. The first-order valence-electron chi connectivity index (χ1n) is 8.79. The largest absolute Gasteiger partial charge is 0.361 e. The number of carbonyl (C=O) groups is 1. The van der Waals surface area contributed by atoms with Gasteiger partial charge in [-0.05, 0) is 39.3 Å². The van der Waals surface area contributed by atoms with Crippen molar-refractivity contribution in [3.63, 3.8) is 0 Å². The van der Waals surface area contributed by atoms with Crippen LogP contribution >= 0.6 is 0 Å². The van der Waals surface area contributed by atoms with Gasteiger partial charge in [0.25, 0.3) is 5.91 Å². The second kappa shape index (κ2) is 7.20. The number of hydrogen-bond acceptors (Lipinski definition) is 3. The minimum atomic E-state index is -0.00901. The first-order valence-corrected chi connectivity index (χ1v) is 8.79. The van der Waals surface area contributed by atoms with E-state index in [0.717, 1.165) is 28.4 Å². The molecule has 0 radical (unpaired) electrons. The van der Waals surface area contributed by atoms with Crippen LogP contribution < -0.4 is 0 Å². The summed E-state index contributed by atoms with van der Waals surface area (Å²) in [5.74, 6) is 0.737. The van der Waals surface area contributed by atoms with Crippen molar-refractivity contribution >= 4 is 5.91 Å². The summed E-state index contributed by atoms with van der Waals surface area (Å²) in [7, 11) is 1.79. The van der Waals surface area contributed by atoms with Gasteiger partial charge in [0, 0.05) is 24.5 Å². The fourth-order valence-corrected chi connectivity index (χ4v) is 3.48. The van der Waals surface area contributed by atoms with Crippen LogP contribution in [0.2, 0.25) is 0 Å². The number of rotatable bonds is 5. The van der Waals surface area contributed by atoms with Crippen molar-refractivity contribution in [2.45, 2.75) is 40.3 Å². The van der Waals surface area contributed by atoms with E-state index >= 15 is 0 Å². The van der Waals surface area contributed by atoms with Gasteiger partial charge in [-0.15, -0.1) is 0 Å². The van der Waals surface area contributed by atoms with Crippen LogP contribution in [-0.2, 0) is 6.54 Å². The molecule has 1 aromatic carbocycles. The Morgan fingerprint density at radius 3 is 2.50 bits per heavy atom. The van der Waals surface area contributed by atoms with Gasteiger partial charge in [-0.3, -0.25) is 4.79 Å². The SMILES string of the molecule is Cc1cc(CN(C)C(=O)c2cc(C)n(C(C)c3ccccc3)c2C)no1. The van der Waals surface area contributed by atoms with Gasteiger partial charge in [0.2, 0.25) is 0 Å². The summed E-state index contributed by atoms with van der Waals surface area (Å²) in [6, 6.07) is 14.3. The molecule has 2 aromatic heterocycles. The van der Waals surface area contributed by atoms with E-state index in [1.54, 1.807) is 11.9 Å². The predicted molar refractivity (Wildman–Crippen MR) is 101 cm³/mol. The van der Waals surface area contributed by atoms with Crippen LogP contribution in [0, 0.1) is 20.8 Å². The van der Waals surface area contributed by atoms with Crippen LogP contribution in [0.15, 0.2) is 47.0 Å². The van der Waals surface area contributed by atoms with Crippen molar-refractivity contribution in [1.29, 1.82) is 0 Å². The third-order valence-corrected chi connectivity index (χ3v) is 4.81. The Hall–Kier alpha value is -2.82. The lowest BCUT2D eigenvalue weighted by molar-refractivity contribution is 0.0781. The van der Waals surface area contributed by atoms with Gasteiger partial charge in [0.1, 0.15) is 11.5 Å². The molecule has 0 bridgehead atoms. The predicted octanol–water partition coefficient (Wildman–Crippen LogP) is 4.28. The third kappa shape index (κ3) is 3.43. The molecule has 0 fully saturated rings. The standard InChI is InChI=1S/C21H25N3O2/c1-14-11-20(21(25)23(5)13-19-12-15(2)26-22-19)17(4)24(14)16(3)18-9-7-6-8-10-18/h6-12,16H,13H2,1-5H3. The summed E-state index contributed by atoms with van der Waals surface area (Å²) >= 11 is 0. The molecule has 0 saturated carbocycles. The third-order valence-electron chi connectivity index (χ3n) is 4.81. The maximum absolute atomic E-state index is 13.0. The quantitative estimate of drug-likeness (QED) is 0.689. The van der Waals surface area contributed by atoms with E-state index in [9.17, 15) is 4.79 Å². The molecule has 5 nitrogen and oxygen atoms in total. The number of hydrogen-bond donors (Lipinski definition) is 0. The fourth-order valence-electron chi connectivity index (χ4n) is 3.48. The number of aromatic nitrogens is 2. The lowest BCUT2D eigenvalue weighted by Gasteiger charge is -2.20. The highest BCUT2D eigenvalue weighted by molar-refractivity contribution is 5.95. The number of aryl methyl sites for hydroxylation is 2. The average molecular weight is 351 g/mol.